The molecule has 5 fully saturated rings. The number of likely N-dealkylation sites (tertiary alicyclic amines) is 1. The zero-order chi connectivity index (χ0) is 38.4. The first kappa shape index (κ1) is 36.7. The van der Waals surface area contributed by atoms with Gasteiger partial charge < -0.3 is 29.1 Å². The molecule has 5 aromatic rings. The number of nitrogens with zero attached hydrogens (tertiary/aromatic N) is 7. The molecular formula is C41H48F3N7O4S. The zero-order valence-corrected chi connectivity index (χ0v) is 32.7. The number of rotatable bonds is 7. The Balaban J connectivity index is 1.17. The Kier molecular flexibility index (Phi) is 9.01. The van der Waals surface area contributed by atoms with Crippen LogP contribution in [-0.4, -0.2) is 99.5 Å². The van der Waals surface area contributed by atoms with E-state index < -0.39 is 23.6 Å². The average molecular weight is 792 g/mol. The number of benzene rings is 1. The van der Waals surface area contributed by atoms with Gasteiger partial charge in [0.2, 0.25) is 0 Å². The predicted molar refractivity (Wildman–Crippen MR) is 208 cm³/mol. The molecule has 1 aromatic carbocycles. The Labute approximate surface area is 327 Å². The van der Waals surface area contributed by atoms with E-state index in [1.165, 1.54) is 17.4 Å². The molecule has 3 saturated heterocycles. The SMILES string of the molecule is CN1CCC[C@@]2(COc3nc(N4CCOC[C@@](C)(O)C4)c4c(n3)sc3c(-c5c(C6CC6)c(C(F)(F)F)cc6c5cnn6C5CCCCO5)nccc34)CCC[C@@H]12. The molecule has 4 atom stereocenters. The van der Waals surface area contributed by atoms with Crippen LogP contribution >= 0.6 is 11.3 Å². The van der Waals surface area contributed by atoms with Crippen molar-refractivity contribution in [2.75, 3.05) is 58.0 Å². The van der Waals surface area contributed by atoms with E-state index in [1.54, 1.807) is 24.0 Å². The molecule has 0 amide bonds. The van der Waals surface area contributed by atoms with Crippen molar-refractivity contribution in [2.45, 2.75) is 101 Å². The minimum atomic E-state index is -4.58. The van der Waals surface area contributed by atoms with E-state index in [4.69, 9.17) is 29.2 Å². The molecule has 4 aromatic heterocycles. The highest BCUT2D eigenvalue weighted by Gasteiger charge is 2.48. The van der Waals surface area contributed by atoms with Gasteiger partial charge in [-0.3, -0.25) is 4.98 Å². The second-order valence-corrected chi connectivity index (χ2v) is 18.1. The molecule has 15 heteroatoms. The summed E-state index contributed by atoms with van der Waals surface area (Å²) in [5.74, 6) is 0.373. The summed E-state index contributed by atoms with van der Waals surface area (Å²) in [5, 5.41) is 18.2. The van der Waals surface area contributed by atoms with Gasteiger partial charge >= 0.3 is 12.2 Å². The van der Waals surface area contributed by atoms with Crippen LogP contribution in [0.1, 0.15) is 94.4 Å². The monoisotopic (exact) mass is 791 g/mol. The summed E-state index contributed by atoms with van der Waals surface area (Å²) in [4.78, 5) is 20.2. The van der Waals surface area contributed by atoms with Crippen LogP contribution in [0.2, 0.25) is 0 Å². The summed E-state index contributed by atoms with van der Waals surface area (Å²) >= 11 is 1.40. The number of piperidine rings is 1. The topological polar surface area (TPSA) is 111 Å². The number of alkyl halides is 3. The van der Waals surface area contributed by atoms with Crippen molar-refractivity contribution in [3.63, 3.8) is 0 Å². The lowest BCUT2D eigenvalue weighted by Crippen LogP contribution is -2.50. The highest BCUT2D eigenvalue weighted by atomic mass is 32.1. The molecule has 1 unspecified atom stereocenters. The van der Waals surface area contributed by atoms with Crippen molar-refractivity contribution >= 4 is 48.4 Å². The first-order valence-corrected chi connectivity index (χ1v) is 21.0. The number of aromatic nitrogens is 5. The number of pyridine rings is 1. The van der Waals surface area contributed by atoms with Crippen molar-refractivity contribution in [1.82, 2.24) is 29.6 Å². The van der Waals surface area contributed by atoms with Crippen LogP contribution in [0.4, 0.5) is 19.0 Å². The number of thiophene rings is 1. The van der Waals surface area contributed by atoms with Crippen molar-refractivity contribution in [1.29, 1.82) is 0 Å². The van der Waals surface area contributed by atoms with E-state index in [2.05, 4.69) is 17.0 Å². The van der Waals surface area contributed by atoms with E-state index in [-0.39, 0.29) is 36.1 Å². The van der Waals surface area contributed by atoms with Gasteiger partial charge in [-0.25, -0.2) is 4.68 Å². The third kappa shape index (κ3) is 6.32. The lowest BCUT2D eigenvalue weighted by atomic mass is 9.76. The van der Waals surface area contributed by atoms with Gasteiger partial charge in [-0.2, -0.15) is 28.2 Å². The third-order valence-corrected chi connectivity index (χ3v) is 14.0. The van der Waals surface area contributed by atoms with Crippen molar-refractivity contribution < 1.29 is 32.5 Å². The third-order valence-electron chi connectivity index (χ3n) is 12.9. The van der Waals surface area contributed by atoms with E-state index in [0.29, 0.717) is 84.5 Å². The summed E-state index contributed by atoms with van der Waals surface area (Å²) in [5.41, 5.74) is -0.118. The summed E-state index contributed by atoms with van der Waals surface area (Å²) in [6.45, 7) is 5.22. The van der Waals surface area contributed by atoms with Crippen molar-refractivity contribution in [2.24, 2.45) is 5.41 Å². The number of fused-ring (bicyclic) bond motifs is 5. The van der Waals surface area contributed by atoms with E-state index in [9.17, 15) is 5.11 Å². The van der Waals surface area contributed by atoms with Crippen LogP contribution in [0, 0.1) is 5.41 Å². The van der Waals surface area contributed by atoms with Crippen molar-refractivity contribution in [3.05, 3.63) is 35.7 Å². The molecule has 56 heavy (non-hydrogen) atoms. The maximum Gasteiger partial charge on any atom is 0.416 e. The molecule has 2 aliphatic carbocycles. The van der Waals surface area contributed by atoms with Gasteiger partial charge in [0.15, 0.2) is 6.23 Å². The van der Waals surface area contributed by atoms with E-state index in [0.717, 1.165) is 67.0 Å². The van der Waals surface area contributed by atoms with Crippen LogP contribution in [-0.2, 0) is 15.7 Å². The van der Waals surface area contributed by atoms with Crippen LogP contribution in [0.5, 0.6) is 6.01 Å². The summed E-state index contributed by atoms with van der Waals surface area (Å²) in [7, 11) is 2.21. The lowest BCUT2D eigenvalue weighted by Gasteiger charge is -2.44. The summed E-state index contributed by atoms with van der Waals surface area (Å²) < 4.78 is 66.4. The maximum atomic E-state index is 15.2. The fraction of sp³-hybridized carbons (Fsp3) is 0.610. The molecule has 5 aliphatic rings. The average Bonchev–Trinajstić information content (AvgIpc) is 3.66. The second kappa shape index (κ2) is 13.7. The van der Waals surface area contributed by atoms with Gasteiger partial charge in [0.1, 0.15) is 16.2 Å². The molecule has 0 radical (unpaired) electrons. The number of ether oxygens (including phenoxy) is 3. The quantitative estimate of drug-likeness (QED) is 0.174. The van der Waals surface area contributed by atoms with E-state index >= 15 is 13.2 Å². The summed E-state index contributed by atoms with van der Waals surface area (Å²) in [6, 6.07) is 3.90. The van der Waals surface area contributed by atoms with Gasteiger partial charge in [-0.05, 0) is 102 Å². The summed E-state index contributed by atoms with van der Waals surface area (Å²) in [6.07, 6.45) is 7.84. The van der Waals surface area contributed by atoms with Crippen LogP contribution < -0.4 is 9.64 Å². The van der Waals surface area contributed by atoms with Crippen molar-refractivity contribution in [3.8, 4) is 17.3 Å². The number of halogens is 3. The standard InChI is InChI=1S/C41H48F3N7O4S/c1-39(52)21-50(16-18-53-22-39)36-33-25-11-14-45-34(35(25)56-37(33)48-38(47-36)55-23-40-12-5-7-29(40)49(2)15-6-13-40)32-26-20-46-51(30-8-3-4-17-54-30)28(26)19-27(41(42,43)44)31(32)24-9-10-24/h11,14,19-20,24,29-30,52H,3-10,12-13,15-18,21-23H2,1-2H3/t29-,30?,39+,40-/m1/s1. The Hall–Kier alpha value is -3.63. The maximum absolute atomic E-state index is 15.2. The Morgan fingerprint density at radius 3 is 2.70 bits per heavy atom. The molecule has 1 N–H and O–H groups in total. The molecule has 0 bridgehead atoms. The highest BCUT2D eigenvalue weighted by Crippen LogP contribution is 2.54. The smallest absolute Gasteiger partial charge is 0.416 e. The second-order valence-electron chi connectivity index (χ2n) is 17.1. The molecular weight excluding hydrogens is 744 g/mol. The number of β-amino-alcohol motifs (C(OH)–C–C–N with tert-alkyl or cyclic N) is 1. The molecule has 7 heterocycles. The van der Waals surface area contributed by atoms with Crippen LogP contribution in [0.15, 0.2) is 24.5 Å². The van der Waals surface area contributed by atoms with Gasteiger partial charge in [0.05, 0.1) is 59.4 Å². The largest absolute Gasteiger partial charge is 0.463 e. The fourth-order valence-electron chi connectivity index (χ4n) is 10.2. The Bertz CT molecular complexity index is 2300. The van der Waals surface area contributed by atoms with E-state index in [1.807, 2.05) is 11.0 Å². The normalized spacial score (nSPS) is 28.0. The molecule has 0 spiro atoms. The van der Waals surface area contributed by atoms with Gasteiger partial charge in [-0.15, -0.1) is 11.3 Å². The first-order valence-electron chi connectivity index (χ1n) is 20.2. The molecule has 3 aliphatic heterocycles. The van der Waals surface area contributed by atoms with Crippen LogP contribution in [0.25, 0.3) is 42.5 Å². The molecule has 11 nitrogen and oxygen atoms in total. The van der Waals surface area contributed by atoms with Gasteiger partial charge in [0, 0.05) is 47.1 Å². The lowest BCUT2D eigenvalue weighted by molar-refractivity contribution is -0.138. The molecule has 10 rings (SSSR count). The number of hydrogen-bond donors (Lipinski definition) is 1. The number of hydrogen-bond acceptors (Lipinski definition) is 11. The number of anilines is 1. The Morgan fingerprint density at radius 2 is 1.89 bits per heavy atom. The first-order chi connectivity index (χ1) is 27.0. The van der Waals surface area contributed by atoms with Crippen LogP contribution in [0.3, 0.4) is 0 Å². The minimum absolute atomic E-state index is 0.0318. The van der Waals surface area contributed by atoms with Gasteiger partial charge in [-0.1, -0.05) is 6.42 Å². The minimum Gasteiger partial charge on any atom is -0.463 e. The highest BCUT2D eigenvalue weighted by molar-refractivity contribution is 7.26. The predicted octanol–water partition coefficient (Wildman–Crippen LogP) is 8.08. The Morgan fingerprint density at radius 1 is 1.04 bits per heavy atom. The molecule has 298 valence electrons. The fourth-order valence-corrected chi connectivity index (χ4v) is 11.4. The zero-order valence-electron chi connectivity index (χ0n) is 31.9. The number of aliphatic hydroxyl groups is 1. The van der Waals surface area contributed by atoms with Gasteiger partial charge in [0.25, 0.3) is 0 Å². The molecule has 2 saturated carbocycles.